The Morgan fingerprint density at radius 1 is 1.10 bits per heavy atom. The molecule has 0 amide bonds. The van der Waals surface area contributed by atoms with Crippen LogP contribution in [0.1, 0.15) is 22.9 Å². The summed E-state index contributed by atoms with van der Waals surface area (Å²) in [5, 5.41) is 0. The highest BCUT2D eigenvalue weighted by Crippen LogP contribution is 2.34. The molecule has 2 aromatic heterocycles. The van der Waals surface area contributed by atoms with Crippen molar-refractivity contribution in [2.75, 3.05) is 12.9 Å². The lowest BCUT2D eigenvalue weighted by molar-refractivity contribution is 0.0955. The van der Waals surface area contributed by atoms with Crippen LogP contribution in [0.5, 0.6) is 0 Å². The van der Waals surface area contributed by atoms with E-state index in [4.69, 9.17) is 4.74 Å². The van der Waals surface area contributed by atoms with Gasteiger partial charge in [-0.25, -0.2) is 17.8 Å². The molecule has 1 aliphatic rings. The first kappa shape index (κ1) is 19.0. The summed E-state index contributed by atoms with van der Waals surface area (Å²) < 4.78 is 46.0. The summed E-state index contributed by atoms with van der Waals surface area (Å²) in [5.74, 6) is -0.412. The summed E-state index contributed by atoms with van der Waals surface area (Å²) in [5.41, 5.74) is 4.44. The number of imidazole rings is 1. The van der Waals surface area contributed by atoms with Crippen LogP contribution < -0.4 is 0 Å². The number of fused-ring (bicyclic) bond motifs is 3. The maximum atomic E-state index is 14.9. The molecular formula is C23H19FN2O3S. The molecule has 2 aromatic carbocycles. The van der Waals surface area contributed by atoms with Crippen LogP contribution in [0.2, 0.25) is 0 Å². The Kier molecular flexibility index (Phi) is 4.45. The Morgan fingerprint density at radius 2 is 1.83 bits per heavy atom. The molecule has 1 atom stereocenters. The van der Waals surface area contributed by atoms with E-state index in [1.165, 1.54) is 18.2 Å². The third-order valence-electron chi connectivity index (χ3n) is 5.47. The van der Waals surface area contributed by atoms with Gasteiger partial charge < -0.3 is 9.14 Å². The van der Waals surface area contributed by atoms with Crippen molar-refractivity contribution in [2.24, 2.45) is 0 Å². The van der Waals surface area contributed by atoms with Gasteiger partial charge in [-0.15, -0.1) is 0 Å². The van der Waals surface area contributed by atoms with Crippen molar-refractivity contribution in [3.63, 3.8) is 0 Å². The van der Waals surface area contributed by atoms with Crippen molar-refractivity contribution >= 4 is 15.5 Å². The van der Waals surface area contributed by atoms with Gasteiger partial charge in [0.1, 0.15) is 11.5 Å². The van der Waals surface area contributed by atoms with Crippen LogP contribution in [0.3, 0.4) is 0 Å². The smallest absolute Gasteiger partial charge is 0.175 e. The summed E-state index contributed by atoms with van der Waals surface area (Å²) in [6, 6.07) is 17.7. The normalized spacial score (nSPS) is 16.5. The van der Waals surface area contributed by atoms with E-state index in [-0.39, 0.29) is 10.8 Å². The molecule has 0 fully saturated rings. The Balaban J connectivity index is 1.67. The van der Waals surface area contributed by atoms with E-state index in [2.05, 4.69) is 17.1 Å². The zero-order chi connectivity index (χ0) is 20.9. The van der Waals surface area contributed by atoms with Crippen molar-refractivity contribution in [2.45, 2.75) is 17.4 Å². The van der Waals surface area contributed by atoms with E-state index in [9.17, 15) is 12.8 Å². The van der Waals surface area contributed by atoms with Crippen molar-refractivity contribution in [1.82, 2.24) is 9.38 Å². The number of aromatic nitrogens is 2. The molecule has 0 unspecified atom stereocenters. The van der Waals surface area contributed by atoms with E-state index in [0.717, 1.165) is 23.2 Å². The summed E-state index contributed by atoms with van der Waals surface area (Å²) >= 11 is 0. The molecule has 5 rings (SSSR count). The van der Waals surface area contributed by atoms with Crippen LogP contribution >= 0.6 is 0 Å². The summed E-state index contributed by atoms with van der Waals surface area (Å²) in [6.45, 7) is 0.918. The molecule has 5 nitrogen and oxygen atoms in total. The van der Waals surface area contributed by atoms with E-state index in [0.29, 0.717) is 30.0 Å². The van der Waals surface area contributed by atoms with E-state index >= 15 is 0 Å². The number of halogens is 1. The van der Waals surface area contributed by atoms with Crippen LogP contribution in [-0.2, 0) is 21.2 Å². The Morgan fingerprint density at radius 3 is 2.53 bits per heavy atom. The number of sulfone groups is 1. The molecular weight excluding hydrogens is 403 g/mol. The fourth-order valence-corrected chi connectivity index (χ4v) is 4.62. The molecule has 30 heavy (non-hydrogen) atoms. The number of benzene rings is 2. The number of hydrogen-bond acceptors (Lipinski definition) is 4. The topological polar surface area (TPSA) is 60.7 Å². The largest absolute Gasteiger partial charge is 0.374 e. The maximum Gasteiger partial charge on any atom is 0.175 e. The van der Waals surface area contributed by atoms with E-state index in [1.807, 2.05) is 22.6 Å². The van der Waals surface area contributed by atoms with Gasteiger partial charge >= 0.3 is 0 Å². The molecule has 0 bridgehead atoms. The van der Waals surface area contributed by atoms with Gasteiger partial charge in [-0.3, -0.25) is 0 Å². The summed E-state index contributed by atoms with van der Waals surface area (Å²) in [6.07, 6.45) is 2.89. The van der Waals surface area contributed by atoms with Gasteiger partial charge in [0.15, 0.2) is 9.84 Å². The minimum atomic E-state index is -3.31. The standard InChI is InChI=1S/C23H19FN2O3S/c1-30(27,28)17-9-7-16(8-10-17)18-12-26-22(11-20(18)24)25-21-14-29-13-19(23(21)26)15-5-3-2-4-6-15/h2-12,19H,13-14H2,1H3/t19-/m1/s1. The lowest BCUT2D eigenvalue weighted by Crippen LogP contribution is -2.19. The fourth-order valence-electron chi connectivity index (χ4n) is 3.99. The Labute approximate surface area is 173 Å². The quantitative estimate of drug-likeness (QED) is 0.496. The molecule has 4 aromatic rings. The van der Waals surface area contributed by atoms with Crippen molar-refractivity contribution < 1.29 is 17.5 Å². The number of rotatable bonds is 3. The molecule has 0 saturated carbocycles. The molecule has 3 heterocycles. The van der Waals surface area contributed by atoms with Crippen LogP contribution in [-0.4, -0.2) is 30.7 Å². The highest BCUT2D eigenvalue weighted by Gasteiger charge is 2.28. The predicted molar refractivity (Wildman–Crippen MR) is 112 cm³/mol. The minimum Gasteiger partial charge on any atom is -0.374 e. The SMILES string of the molecule is CS(=O)(=O)c1ccc(-c2cn3c4c(nc3cc2F)COC[C@@H]4c2ccccc2)cc1. The second kappa shape index (κ2) is 7.04. The van der Waals surface area contributed by atoms with Gasteiger partial charge in [0.05, 0.1) is 35.4 Å². The van der Waals surface area contributed by atoms with Crippen LogP contribution in [0.25, 0.3) is 16.8 Å². The van der Waals surface area contributed by atoms with Crippen molar-refractivity contribution in [3.05, 3.63) is 89.6 Å². The van der Waals surface area contributed by atoms with Gasteiger partial charge in [-0.05, 0) is 23.3 Å². The van der Waals surface area contributed by atoms with Crippen molar-refractivity contribution in [1.29, 1.82) is 0 Å². The first-order valence-corrected chi connectivity index (χ1v) is 11.4. The van der Waals surface area contributed by atoms with Crippen LogP contribution in [0.15, 0.2) is 71.8 Å². The predicted octanol–water partition coefficient (Wildman–Crippen LogP) is 4.21. The summed E-state index contributed by atoms with van der Waals surface area (Å²) in [4.78, 5) is 4.79. The van der Waals surface area contributed by atoms with Gasteiger partial charge in [-0.2, -0.15) is 0 Å². The Bertz CT molecular complexity index is 1350. The second-order valence-electron chi connectivity index (χ2n) is 7.48. The summed E-state index contributed by atoms with van der Waals surface area (Å²) in [7, 11) is -3.31. The first-order chi connectivity index (χ1) is 14.4. The third-order valence-corrected chi connectivity index (χ3v) is 6.60. The zero-order valence-electron chi connectivity index (χ0n) is 16.2. The van der Waals surface area contributed by atoms with Crippen LogP contribution in [0, 0.1) is 5.82 Å². The van der Waals surface area contributed by atoms with Gasteiger partial charge in [0.2, 0.25) is 0 Å². The molecule has 0 N–H and O–H groups in total. The minimum absolute atomic E-state index is 0.00382. The molecule has 0 saturated heterocycles. The molecule has 0 radical (unpaired) electrons. The lowest BCUT2D eigenvalue weighted by atomic mass is 9.93. The van der Waals surface area contributed by atoms with Crippen molar-refractivity contribution in [3.8, 4) is 11.1 Å². The molecule has 0 aliphatic carbocycles. The molecule has 0 spiro atoms. The zero-order valence-corrected chi connectivity index (χ0v) is 17.1. The van der Waals surface area contributed by atoms with Gasteiger partial charge in [0, 0.05) is 24.1 Å². The lowest BCUT2D eigenvalue weighted by Gasteiger charge is -2.23. The number of pyridine rings is 1. The number of ether oxygens (including phenoxy) is 1. The van der Waals surface area contributed by atoms with E-state index in [1.54, 1.807) is 18.3 Å². The third kappa shape index (κ3) is 3.20. The highest BCUT2D eigenvalue weighted by atomic mass is 32.2. The fraction of sp³-hybridized carbons (Fsp3) is 0.174. The monoisotopic (exact) mass is 422 g/mol. The van der Waals surface area contributed by atoms with Gasteiger partial charge in [0.25, 0.3) is 0 Å². The maximum absolute atomic E-state index is 14.9. The molecule has 7 heteroatoms. The Hall–Kier alpha value is -3.03. The van der Waals surface area contributed by atoms with Gasteiger partial charge in [-0.1, -0.05) is 42.5 Å². The van der Waals surface area contributed by atoms with Crippen LogP contribution in [0.4, 0.5) is 4.39 Å². The van der Waals surface area contributed by atoms with E-state index < -0.39 is 15.7 Å². The first-order valence-electron chi connectivity index (χ1n) is 9.55. The number of nitrogens with zero attached hydrogens (tertiary/aromatic N) is 2. The highest BCUT2D eigenvalue weighted by molar-refractivity contribution is 7.90. The average molecular weight is 422 g/mol. The number of hydrogen-bond donors (Lipinski definition) is 0. The second-order valence-corrected chi connectivity index (χ2v) is 9.50. The average Bonchev–Trinajstić information content (AvgIpc) is 3.10. The molecule has 152 valence electrons. The molecule has 1 aliphatic heterocycles.